The van der Waals surface area contributed by atoms with E-state index in [1.165, 1.54) is 0 Å². The van der Waals surface area contributed by atoms with E-state index in [0.717, 1.165) is 69.9 Å². The van der Waals surface area contributed by atoms with Gasteiger partial charge in [0.05, 0.1) is 19.3 Å². The molecule has 1 atom stereocenters. The van der Waals surface area contributed by atoms with Gasteiger partial charge in [-0.05, 0) is 44.5 Å². The highest BCUT2D eigenvalue weighted by atomic mass is 32.1. The number of hydrogen-bond donors (Lipinski definition) is 0. The molecule has 1 unspecified atom stereocenters. The van der Waals surface area contributed by atoms with Gasteiger partial charge >= 0.3 is 0 Å². The molecule has 5 rings (SSSR count). The number of ether oxygens (including phenoxy) is 2. The van der Waals surface area contributed by atoms with Crippen LogP contribution in [-0.2, 0) is 4.74 Å². The van der Waals surface area contributed by atoms with E-state index in [1.807, 2.05) is 44.3 Å². The minimum Gasteiger partial charge on any atom is -0.488 e. The monoisotopic (exact) mass is 462 g/mol. The highest BCUT2D eigenvalue weighted by molar-refractivity contribution is 7.11. The summed E-state index contributed by atoms with van der Waals surface area (Å²) in [6.07, 6.45) is 5.33. The lowest BCUT2D eigenvalue weighted by Crippen LogP contribution is -2.26. The van der Waals surface area contributed by atoms with Crippen LogP contribution in [0.4, 0.5) is 11.6 Å². The summed E-state index contributed by atoms with van der Waals surface area (Å²) < 4.78 is 11.8. The Bertz CT molecular complexity index is 1240. The molecule has 4 aromatic rings. The van der Waals surface area contributed by atoms with Crippen molar-refractivity contribution in [2.75, 3.05) is 18.1 Å². The fraction of sp³-hybridized carbons (Fsp3) is 0.375. The minimum absolute atomic E-state index is 0.121. The Kier molecular flexibility index (Phi) is 6.15. The number of para-hydroxylation sites is 1. The van der Waals surface area contributed by atoms with E-state index in [4.69, 9.17) is 19.4 Å². The highest BCUT2D eigenvalue weighted by Crippen LogP contribution is 2.39. The Labute approximate surface area is 196 Å². The first-order valence-electron chi connectivity index (χ1n) is 11.1. The lowest BCUT2D eigenvalue weighted by molar-refractivity contribution is 0.0261. The minimum atomic E-state index is -0.121. The molecule has 1 aliphatic rings. The van der Waals surface area contributed by atoms with E-state index in [1.54, 1.807) is 17.7 Å². The molecule has 1 aliphatic heterocycles. The zero-order valence-corrected chi connectivity index (χ0v) is 19.7. The lowest BCUT2D eigenvalue weighted by Gasteiger charge is -2.29. The van der Waals surface area contributed by atoms with E-state index in [2.05, 4.69) is 33.1 Å². The van der Waals surface area contributed by atoms with Crippen molar-refractivity contribution >= 4 is 33.9 Å². The van der Waals surface area contributed by atoms with Gasteiger partial charge in [-0.3, -0.25) is 0 Å². The predicted molar refractivity (Wildman–Crippen MR) is 128 cm³/mol. The molecule has 0 amide bonds. The number of benzene rings is 1. The van der Waals surface area contributed by atoms with Crippen LogP contribution < -0.4 is 9.64 Å². The van der Waals surface area contributed by atoms with Gasteiger partial charge < -0.3 is 14.4 Å². The highest BCUT2D eigenvalue weighted by Gasteiger charge is 2.26. The van der Waals surface area contributed by atoms with Gasteiger partial charge in [0, 0.05) is 24.4 Å². The van der Waals surface area contributed by atoms with Crippen LogP contribution in [0.15, 0.2) is 42.9 Å². The Morgan fingerprint density at radius 2 is 1.91 bits per heavy atom. The van der Waals surface area contributed by atoms with E-state index in [9.17, 15) is 0 Å². The lowest BCUT2D eigenvalue weighted by atomic mass is 10.1. The molecule has 8 nitrogen and oxygen atoms in total. The molecular weight excluding hydrogens is 436 g/mol. The van der Waals surface area contributed by atoms with Crippen molar-refractivity contribution in [3.05, 3.63) is 58.4 Å². The van der Waals surface area contributed by atoms with Crippen LogP contribution in [-0.4, -0.2) is 44.5 Å². The number of hydrogen-bond acceptors (Lipinski definition) is 9. The topological polar surface area (TPSA) is 86.2 Å². The summed E-state index contributed by atoms with van der Waals surface area (Å²) in [4.78, 5) is 16.1. The Morgan fingerprint density at radius 1 is 1.06 bits per heavy atom. The number of aromatic nitrogens is 5. The third-order valence-electron chi connectivity index (χ3n) is 5.73. The van der Waals surface area contributed by atoms with Crippen LogP contribution >= 0.6 is 11.3 Å². The number of aryl methyl sites for hydroxylation is 2. The molecule has 0 bridgehead atoms. The summed E-state index contributed by atoms with van der Waals surface area (Å²) in [6.45, 7) is 7.53. The first-order chi connectivity index (χ1) is 16.1. The van der Waals surface area contributed by atoms with Crippen LogP contribution in [0.25, 0.3) is 10.9 Å². The molecule has 0 spiro atoms. The van der Waals surface area contributed by atoms with Gasteiger partial charge in [0.25, 0.3) is 0 Å². The SMILES string of the molecule is Cc1ccc(N(c2ncnc3c(OC4CCOCC4)cccc23)C(C)c2nnc(C)s2)nc1. The number of anilines is 2. The molecule has 4 heterocycles. The second-order valence-electron chi connectivity index (χ2n) is 8.18. The quantitative estimate of drug-likeness (QED) is 0.398. The van der Waals surface area contributed by atoms with Crippen LogP contribution in [0.2, 0.25) is 0 Å². The molecule has 0 saturated carbocycles. The number of rotatable bonds is 6. The first kappa shape index (κ1) is 21.7. The summed E-state index contributed by atoms with van der Waals surface area (Å²) in [6, 6.07) is 9.93. The summed E-state index contributed by atoms with van der Waals surface area (Å²) >= 11 is 1.58. The van der Waals surface area contributed by atoms with Gasteiger partial charge in [-0.15, -0.1) is 10.2 Å². The molecule has 0 radical (unpaired) electrons. The average Bonchev–Trinajstić information content (AvgIpc) is 3.28. The molecule has 33 heavy (non-hydrogen) atoms. The largest absolute Gasteiger partial charge is 0.488 e. The molecule has 9 heteroatoms. The van der Waals surface area contributed by atoms with Gasteiger partial charge in [0.2, 0.25) is 0 Å². The zero-order valence-electron chi connectivity index (χ0n) is 18.9. The van der Waals surface area contributed by atoms with E-state index >= 15 is 0 Å². The van der Waals surface area contributed by atoms with Gasteiger partial charge in [-0.1, -0.05) is 23.5 Å². The maximum absolute atomic E-state index is 6.35. The molecule has 1 aromatic carbocycles. The molecular formula is C24H26N6O2S. The van der Waals surface area contributed by atoms with Crippen LogP contribution in [0.3, 0.4) is 0 Å². The Balaban J connectivity index is 1.61. The maximum Gasteiger partial charge on any atom is 0.146 e. The Hall–Kier alpha value is -3.17. The van der Waals surface area contributed by atoms with Crippen molar-refractivity contribution in [2.45, 2.75) is 45.8 Å². The van der Waals surface area contributed by atoms with Crippen molar-refractivity contribution in [1.29, 1.82) is 0 Å². The average molecular weight is 463 g/mol. The number of fused-ring (bicyclic) bond motifs is 1. The predicted octanol–water partition coefficient (Wildman–Crippen LogP) is 4.95. The van der Waals surface area contributed by atoms with Crippen LogP contribution in [0.5, 0.6) is 5.75 Å². The molecule has 0 aliphatic carbocycles. The van der Waals surface area contributed by atoms with E-state index < -0.39 is 0 Å². The summed E-state index contributed by atoms with van der Waals surface area (Å²) in [7, 11) is 0. The molecule has 1 saturated heterocycles. The zero-order chi connectivity index (χ0) is 22.8. The second-order valence-corrected chi connectivity index (χ2v) is 9.39. The standard InChI is InChI=1S/C24H26N6O2S/c1-15-7-8-21(25-13-15)30(16(2)24-29-28-17(3)33-24)23-19-5-4-6-20(22(19)26-14-27-23)32-18-9-11-31-12-10-18/h4-8,13-14,16,18H,9-12H2,1-3H3. The number of pyridine rings is 1. The van der Waals surface area contributed by atoms with Crippen molar-refractivity contribution in [2.24, 2.45) is 0 Å². The van der Waals surface area contributed by atoms with Gasteiger partial charge in [-0.2, -0.15) is 0 Å². The van der Waals surface area contributed by atoms with Gasteiger partial charge in [0.15, 0.2) is 0 Å². The van der Waals surface area contributed by atoms with E-state index in [0.29, 0.717) is 0 Å². The second kappa shape index (κ2) is 9.36. The third-order valence-corrected chi connectivity index (χ3v) is 6.73. The fourth-order valence-electron chi connectivity index (χ4n) is 3.99. The molecule has 0 N–H and O–H groups in total. The number of nitrogens with zero attached hydrogens (tertiary/aromatic N) is 6. The molecule has 1 fully saturated rings. The Morgan fingerprint density at radius 3 is 2.64 bits per heavy atom. The van der Waals surface area contributed by atoms with Crippen LogP contribution in [0, 0.1) is 13.8 Å². The van der Waals surface area contributed by atoms with Crippen molar-refractivity contribution in [1.82, 2.24) is 25.1 Å². The van der Waals surface area contributed by atoms with Crippen molar-refractivity contribution < 1.29 is 9.47 Å². The maximum atomic E-state index is 6.35. The third kappa shape index (κ3) is 4.51. The summed E-state index contributed by atoms with van der Waals surface area (Å²) in [5.74, 6) is 2.31. The fourth-order valence-corrected chi connectivity index (χ4v) is 4.73. The molecule has 170 valence electrons. The van der Waals surface area contributed by atoms with E-state index in [-0.39, 0.29) is 12.1 Å². The summed E-state index contributed by atoms with van der Waals surface area (Å²) in [5, 5.41) is 11.3. The van der Waals surface area contributed by atoms with Crippen molar-refractivity contribution in [3.63, 3.8) is 0 Å². The van der Waals surface area contributed by atoms with Crippen LogP contribution in [0.1, 0.15) is 41.4 Å². The van der Waals surface area contributed by atoms with Gasteiger partial charge in [0.1, 0.15) is 45.3 Å². The smallest absolute Gasteiger partial charge is 0.146 e. The summed E-state index contributed by atoms with van der Waals surface area (Å²) in [5.41, 5.74) is 1.88. The normalized spacial score (nSPS) is 15.5. The molecule has 3 aromatic heterocycles. The van der Waals surface area contributed by atoms with Crippen molar-refractivity contribution in [3.8, 4) is 5.75 Å². The first-order valence-corrected chi connectivity index (χ1v) is 11.9. The van der Waals surface area contributed by atoms with Gasteiger partial charge in [-0.25, -0.2) is 15.0 Å².